The Balaban J connectivity index is 2.27. The van der Waals surface area contributed by atoms with Gasteiger partial charge in [-0.15, -0.1) is 0 Å². The second kappa shape index (κ2) is 5.80. The predicted molar refractivity (Wildman–Crippen MR) is 78.5 cm³/mol. The van der Waals surface area contributed by atoms with E-state index in [2.05, 4.69) is 21.2 Å². The average Bonchev–Trinajstić information content (AvgIpc) is 2.43. The quantitative estimate of drug-likeness (QED) is 0.446. The summed E-state index contributed by atoms with van der Waals surface area (Å²) in [5.41, 5.74) is -0.289. The molecule has 0 aliphatic heterocycles. The highest BCUT2D eigenvalue weighted by atomic mass is 79.9. The molecule has 0 spiro atoms. The summed E-state index contributed by atoms with van der Waals surface area (Å²) in [6, 6.07) is 7.60. The summed E-state index contributed by atoms with van der Waals surface area (Å²) in [6.45, 7) is 0. The molecule has 0 bridgehead atoms. The minimum atomic E-state index is -0.661. The third-order valence-corrected chi connectivity index (χ3v) is 3.14. The number of non-ortho nitro benzene ring substituents is 1. The van der Waals surface area contributed by atoms with Crippen LogP contribution in [0.5, 0.6) is 11.5 Å². The minimum absolute atomic E-state index is 0.00197. The number of phenols is 2. The number of phenolic OH excluding ortho intramolecular Hbond substituents is 2. The highest BCUT2D eigenvalue weighted by Crippen LogP contribution is 2.29. The van der Waals surface area contributed by atoms with Crippen molar-refractivity contribution in [2.24, 2.45) is 0 Å². The van der Waals surface area contributed by atoms with E-state index < -0.39 is 16.6 Å². The van der Waals surface area contributed by atoms with Crippen LogP contribution in [0, 0.1) is 10.1 Å². The molecule has 0 aromatic heterocycles. The van der Waals surface area contributed by atoms with Gasteiger partial charge in [0.2, 0.25) is 0 Å². The summed E-state index contributed by atoms with van der Waals surface area (Å²) in [4.78, 5) is 21.9. The highest BCUT2D eigenvalue weighted by molar-refractivity contribution is 9.10. The molecule has 8 heteroatoms. The minimum Gasteiger partial charge on any atom is -0.507 e. The molecule has 0 atom stereocenters. The Morgan fingerprint density at radius 2 is 1.86 bits per heavy atom. The molecule has 0 unspecified atom stereocenters. The van der Waals surface area contributed by atoms with Crippen LogP contribution >= 0.6 is 15.9 Å². The van der Waals surface area contributed by atoms with Crippen LogP contribution in [0.25, 0.3) is 0 Å². The normalized spacial score (nSPS) is 10.1. The van der Waals surface area contributed by atoms with Crippen LogP contribution in [-0.4, -0.2) is 21.0 Å². The van der Waals surface area contributed by atoms with Crippen molar-refractivity contribution in [3.8, 4) is 11.5 Å². The van der Waals surface area contributed by atoms with Crippen LogP contribution in [0.2, 0.25) is 0 Å². The van der Waals surface area contributed by atoms with Crippen molar-refractivity contribution in [2.75, 3.05) is 5.32 Å². The van der Waals surface area contributed by atoms with Crippen LogP contribution in [0.1, 0.15) is 10.4 Å². The number of nitro groups is 1. The van der Waals surface area contributed by atoms with Gasteiger partial charge in [-0.1, -0.05) is 15.9 Å². The van der Waals surface area contributed by atoms with Gasteiger partial charge in [-0.25, -0.2) is 0 Å². The van der Waals surface area contributed by atoms with Crippen molar-refractivity contribution < 1.29 is 19.9 Å². The van der Waals surface area contributed by atoms with Crippen molar-refractivity contribution in [1.29, 1.82) is 0 Å². The number of anilines is 1. The summed E-state index contributed by atoms with van der Waals surface area (Å²) in [6.07, 6.45) is 0. The fourth-order valence-electron chi connectivity index (χ4n) is 1.62. The molecule has 0 fully saturated rings. The van der Waals surface area contributed by atoms with Crippen molar-refractivity contribution in [3.63, 3.8) is 0 Å². The van der Waals surface area contributed by atoms with Crippen molar-refractivity contribution in [1.82, 2.24) is 0 Å². The number of amides is 1. The lowest BCUT2D eigenvalue weighted by Gasteiger charge is -2.08. The lowest BCUT2D eigenvalue weighted by molar-refractivity contribution is -0.384. The first-order chi connectivity index (χ1) is 9.88. The maximum absolute atomic E-state index is 12.0. The number of nitro benzene ring substituents is 1. The van der Waals surface area contributed by atoms with Gasteiger partial charge in [0.25, 0.3) is 11.6 Å². The number of carbonyl (C=O) groups is 1. The van der Waals surface area contributed by atoms with Crippen LogP contribution in [0.3, 0.4) is 0 Å². The zero-order valence-corrected chi connectivity index (χ0v) is 12.0. The van der Waals surface area contributed by atoms with Crippen LogP contribution in [0.15, 0.2) is 40.9 Å². The van der Waals surface area contributed by atoms with E-state index in [-0.39, 0.29) is 22.7 Å². The fraction of sp³-hybridized carbons (Fsp3) is 0. The van der Waals surface area contributed by atoms with Gasteiger partial charge < -0.3 is 15.5 Å². The Bertz CT molecular complexity index is 732. The second-order valence-electron chi connectivity index (χ2n) is 4.07. The number of hydrogen-bond donors (Lipinski definition) is 3. The zero-order valence-electron chi connectivity index (χ0n) is 10.4. The Hall–Kier alpha value is -2.61. The lowest BCUT2D eigenvalue weighted by Crippen LogP contribution is -2.12. The summed E-state index contributed by atoms with van der Waals surface area (Å²) >= 11 is 3.17. The molecule has 0 heterocycles. The van der Waals surface area contributed by atoms with Crippen molar-refractivity contribution in [3.05, 3.63) is 56.5 Å². The van der Waals surface area contributed by atoms with E-state index >= 15 is 0 Å². The standard InChI is InChI=1S/C13H9BrN2O5/c14-7-1-4-11(17)9(5-7)13(19)15-10-3-2-8(16(20)21)6-12(10)18/h1-6,17-18H,(H,15,19). The maximum Gasteiger partial charge on any atom is 0.273 e. The van der Waals surface area contributed by atoms with Gasteiger partial charge in [-0.3, -0.25) is 14.9 Å². The molecule has 7 nitrogen and oxygen atoms in total. The van der Waals surface area contributed by atoms with Gasteiger partial charge in [-0.05, 0) is 24.3 Å². The summed E-state index contributed by atoms with van der Waals surface area (Å²) in [5, 5.41) is 32.2. The molecule has 21 heavy (non-hydrogen) atoms. The molecule has 0 radical (unpaired) electrons. The molecule has 2 rings (SSSR count). The first-order valence-corrected chi connectivity index (χ1v) is 6.45. The molecule has 2 aromatic rings. The zero-order chi connectivity index (χ0) is 15.6. The van der Waals surface area contributed by atoms with E-state index in [9.17, 15) is 25.1 Å². The monoisotopic (exact) mass is 352 g/mol. The third-order valence-electron chi connectivity index (χ3n) is 2.64. The Kier molecular flexibility index (Phi) is 4.08. The molecule has 0 aliphatic rings. The van der Waals surface area contributed by atoms with Crippen LogP contribution in [0.4, 0.5) is 11.4 Å². The highest BCUT2D eigenvalue weighted by Gasteiger charge is 2.15. The van der Waals surface area contributed by atoms with Crippen LogP contribution < -0.4 is 5.32 Å². The van der Waals surface area contributed by atoms with Gasteiger partial charge in [0.1, 0.15) is 11.5 Å². The average molecular weight is 353 g/mol. The van der Waals surface area contributed by atoms with E-state index in [1.807, 2.05) is 0 Å². The number of nitrogens with zero attached hydrogens (tertiary/aromatic N) is 1. The van der Waals surface area contributed by atoms with E-state index in [1.165, 1.54) is 18.2 Å². The van der Waals surface area contributed by atoms with E-state index in [0.717, 1.165) is 12.1 Å². The van der Waals surface area contributed by atoms with Crippen molar-refractivity contribution in [2.45, 2.75) is 0 Å². The molecule has 1 amide bonds. The van der Waals surface area contributed by atoms with E-state index in [0.29, 0.717) is 4.47 Å². The smallest absolute Gasteiger partial charge is 0.273 e. The number of nitrogens with one attached hydrogen (secondary N) is 1. The summed E-state index contributed by atoms with van der Waals surface area (Å²) in [5.74, 6) is -1.32. The summed E-state index contributed by atoms with van der Waals surface area (Å²) < 4.78 is 0.596. The maximum atomic E-state index is 12.0. The Morgan fingerprint density at radius 3 is 2.48 bits per heavy atom. The van der Waals surface area contributed by atoms with E-state index in [4.69, 9.17) is 0 Å². The van der Waals surface area contributed by atoms with Gasteiger partial charge in [0.15, 0.2) is 0 Å². The van der Waals surface area contributed by atoms with Gasteiger partial charge in [-0.2, -0.15) is 0 Å². The Morgan fingerprint density at radius 1 is 1.14 bits per heavy atom. The Labute approximate surface area is 127 Å². The van der Waals surface area contributed by atoms with Gasteiger partial charge in [0, 0.05) is 10.5 Å². The number of aromatic hydroxyl groups is 2. The first kappa shape index (κ1) is 14.8. The predicted octanol–water partition coefficient (Wildman–Crippen LogP) is 3.02. The van der Waals surface area contributed by atoms with Crippen LogP contribution in [-0.2, 0) is 0 Å². The summed E-state index contributed by atoms with van der Waals surface area (Å²) in [7, 11) is 0. The molecular formula is C13H9BrN2O5. The van der Waals surface area contributed by atoms with E-state index in [1.54, 1.807) is 6.07 Å². The topological polar surface area (TPSA) is 113 Å². The number of halogens is 1. The first-order valence-electron chi connectivity index (χ1n) is 5.66. The largest absolute Gasteiger partial charge is 0.507 e. The lowest BCUT2D eigenvalue weighted by atomic mass is 10.2. The van der Waals surface area contributed by atoms with Gasteiger partial charge in [0.05, 0.1) is 22.2 Å². The molecular weight excluding hydrogens is 344 g/mol. The molecule has 0 saturated heterocycles. The number of carbonyl (C=O) groups excluding carboxylic acids is 1. The second-order valence-corrected chi connectivity index (χ2v) is 4.99. The fourth-order valence-corrected chi connectivity index (χ4v) is 1.98. The van der Waals surface area contributed by atoms with Gasteiger partial charge >= 0.3 is 0 Å². The molecule has 2 aromatic carbocycles. The molecule has 108 valence electrons. The molecule has 0 aliphatic carbocycles. The SMILES string of the molecule is O=C(Nc1ccc([N+](=O)[O-])cc1O)c1cc(Br)ccc1O. The van der Waals surface area contributed by atoms with Crippen molar-refractivity contribution >= 4 is 33.2 Å². The number of rotatable bonds is 3. The molecule has 3 N–H and O–H groups in total. The number of hydrogen-bond acceptors (Lipinski definition) is 5. The molecule has 0 saturated carbocycles. The number of benzene rings is 2. The third kappa shape index (κ3) is 3.29.